The molecule has 1 aromatic carbocycles. The highest BCUT2D eigenvalue weighted by Crippen LogP contribution is 2.19. The summed E-state index contributed by atoms with van der Waals surface area (Å²) in [5.74, 6) is 0.321. The molecule has 0 bridgehead atoms. The molecule has 0 radical (unpaired) electrons. The molecule has 1 fully saturated rings. The maximum Gasteiger partial charge on any atom is 0.222 e. The molecule has 1 atom stereocenters. The van der Waals surface area contributed by atoms with Crippen LogP contribution in [0, 0.1) is 0 Å². The first-order chi connectivity index (χ1) is 13.2. The molecule has 0 aromatic heterocycles. The topological polar surface area (TPSA) is 66.5 Å². The third-order valence-corrected chi connectivity index (χ3v) is 6.93. The Morgan fingerprint density at radius 3 is 2.46 bits per heavy atom. The second kappa shape index (κ2) is 10.4. The molecule has 0 spiro atoms. The van der Waals surface area contributed by atoms with E-state index >= 15 is 0 Å². The minimum Gasteiger partial charge on any atom is -0.343 e. The van der Waals surface area contributed by atoms with Crippen LogP contribution in [-0.4, -0.2) is 50.7 Å². The number of carbonyl (C=O) groups excluding carboxylic acids is 1. The summed E-state index contributed by atoms with van der Waals surface area (Å²) in [6.07, 6.45) is 9.22. The average molecular weight is 409 g/mol. The Hall–Kier alpha value is -1.40. The van der Waals surface area contributed by atoms with Gasteiger partial charge in [0.25, 0.3) is 0 Å². The number of unbranched alkanes of at least 4 members (excludes halogenated alkanes) is 1. The first-order valence-corrected chi connectivity index (χ1v) is 12.4. The first-order valence-electron chi connectivity index (χ1n) is 10.6. The van der Waals surface area contributed by atoms with Crippen molar-refractivity contribution in [2.24, 2.45) is 0 Å². The molecule has 1 N–H and O–H groups in total. The fourth-order valence-electron chi connectivity index (χ4n) is 3.71. The molecular formula is C22H36N2O3S. The van der Waals surface area contributed by atoms with E-state index in [2.05, 4.69) is 19.2 Å². The molecule has 5 nitrogen and oxygen atoms in total. The predicted octanol–water partition coefficient (Wildman–Crippen LogP) is 3.57. The Kier molecular flexibility index (Phi) is 8.50. The van der Waals surface area contributed by atoms with Gasteiger partial charge in [0.15, 0.2) is 9.84 Å². The lowest BCUT2D eigenvalue weighted by atomic mass is 9.90. The molecule has 1 aromatic rings. The molecule has 0 saturated carbocycles. The van der Waals surface area contributed by atoms with E-state index < -0.39 is 9.84 Å². The van der Waals surface area contributed by atoms with Gasteiger partial charge in [-0.1, -0.05) is 25.5 Å². The highest BCUT2D eigenvalue weighted by Gasteiger charge is 2.22. The van der Waals surface area contributed by atoms with E-state index in [-0.39, 0.29) is 5.54 Å². The fraction of sp³-hybridized carbons (Fsp3) is 0.682. The van der Waals surface area contributed by atoms with Crippen LogP contribution in [-0.2, 0) is 21.1 Å². The van der Waals surface area contributed by atoms with Crippen molar-refractivity contribution in [1.82, 2.24) is 10.2 Å². The SMILES string of the molecule is CCC(C)(Cc1ccc(S(C)(=O)=O)cc1)NCCCCN1CCCCCC1=O. The second-order valence-electron chi connectivity index (χ2n) is 8.33. The molecule has 6 heteroatoms. The number of hydrogen-bond donors (Lipinski definition) is 1. The molecule has 1 heterocycles. The van der Waals surface area contributed by atoms with Crippen molar-refractivity contribution < 1.29 is 13.2 Å². The van der Waals surface area contributed by atoms with E-state index in [1.54, 1.807) is 12.1 Å². The highest BCUT2D eigenvalue weighted by molar-refractivity contribution is 7.90. The largest absolute Gasteiger partial charge is 0.343 e. The lowest BCUT2D eigenvalue weighted by Crippen LogP contribution is -2.44. The minimum atomic E-state index is -3.15. The number of carbonyl (C=O) groups is 1. The van der Waals surface area contributed by atoms with E-state index in [0.717, 1.165) is 63.7 Å². The van der Waals surface area contributed by atoms with Gasteiger partial charge in [0.1, 0.15) is 0 Å². The van der Waals surface area contributed by atoms with Gasteiger partial charge in [-0.15, -0.1) is 0 Å². The smallest absolute Gasteiger partial charge is 0.222 e. The van der Waals surface area contributed by atoms with Gasteiger partial charge in [-0.25, -0.2) is 8.42 Å². The predicted molar refractivity (Wildman–Crippen MR) is 114 cm³/mol. The van der Waals surface area contributed by atoms with Crippen LogP contribution >= 0.6 is 0 Å². The molecule has 1 aliphatic rings. The standard InChI is InChI=1S/C22H36N2O3S/c1-4-22(2,18-19-11-13-20(14-12-19)28(3,26)27)23-15-7-9-17-24-16-8-5-6-10-21(24)25/h11-14,23H,4-10,15-18H2,1-3H3. The van der Waals surface area contributed by atoms with Crippen LogP contribution in [0.4, 0.5) is 0 Å². The highest BCUT2D eigenvalue weighted by atomic mass is 32.2. The summed E-state index contributed by atoms with van der Waals surface area (Å²) in [5, 5.41) is 3.68. The van der Waals surface area contributed by atoms with Crippen LogP contribution in [0.1, 0.15) is 64.4 Å². The van der Waals surface area contributed by atoms with Gasteiger partial charge in [-0.05, 0) is 69.7 Å². The number of nitrogens with one attached hydrogen (secondary N) is 1. The summed E-state index contributed by atoms with van der Waals surface area (Å²) < 4.78 is 23.2. The van der Waals surface area contributed by atoms with Gasteiger partial charge >= 0.3 is 0 Å². The third kappa shape index (κ3) is 7.21. The number of benzene rings is 1. The molecule has 2 rings (SSSR count). The molecule has 1 amide bonds. The van der Waals surface area contributed by atoms with Crippen LogP contribution < -0.4 is 5.32 Å². The number of nitrogens with zero attached hydrogens (tertiary/aromatic N) is 1. The van der Waals surface area contributed by atoms with Crippen LogP contribution in [0.5, 0.6) is 0 Å². The van der Waals surface area contributed by atoms with Gasteiger partial charge in [-0.2, -0.15) is 0 Å². The Balaban J connectivity index is 1.78. The normalized spacial score (nSPS) is 18.0. The number of amides is 1. The average Bonchev–Trinajstić information content (AvgIpc) is 2.85. The molecule has 28 heavy (non-hydrogen) atoms. The van der Waals surface area contributed by atoms with E-state index in [1.165, 1.54) is 12.7 Å². The molecule has 158 valence electrons. The van der Waals surface area contributed by atoms with Crippen LogP contribution in [0.3, 0.4) is 0 Å². The van der Waals surface area contributed by atoms with Crippen molar-refractivity contribution in [3.8, 4) is 0 Å². The monoisotopic (exact) mass is 408 g/mol. The van der Waals surface area contributed by atoms with Crippen molar-refractivity contribution in [3.63, 3.8) is 0 Å². The summed E-state index contributed by atoms with van der Waals surface area (Å²) >= 11 is 0. The van der Waals surface area contributed by atoms with Gasteiger partial charge in [0.2, 0.25) is 5.91 Å². The van der Waals surface area contributed by atoms with Crippen molar-refractivity contribution in [2.45, 2.75) is 75.6 Å². The number of sulfone groups is 1. The first kappa shape index (κ1) is 22.9. The number of hydrogen-bond acceptors (Lipinski definition) is 4. The van der Waals surface area contributed by atoms with Crippen molar-refractivity contribution in [3.05, 3.63) is 29.8 Å². The minimum absolute atomic E-state index is 0.0228. The zero-order chi connectivity index (χ0) is 20.6. The van der Waals surface area contributed by atoms with Crippen molar-refractivity contribution >= 4 is 15.7 Å². The fourth-order valence-corrected chi connectivity index (χ4v) is 4.34. The zero-order valence-electron chi connectivity index (χ0n) is 17.7. The maximum absolute atomic E-state index is 12.0. The Morgan fingerprint density at radius 2 is 1.82 bits per heavy atom. The molecule has 0 aliphatic carbocycles. The molecule has 1 aliphatic heterocycles. The van der Waals surface area contributed by atoms with E-state index in [1.807, 2.05) is 17.0 Å². The summed E-state index contributed by atoms with van der Waals surface area (Å²) in [5.41, 5.74) is 1.12. The van der Waals surface area contributed by atoms with Gasteiger partial charge < -0.3 is 10.2 Å². The van der Waals surface area contributed by atoms with Crippen LogP contribution in [0.2, 0.25) is 0 Å². The van der Waals surface area contributed by atoms with Gasteiger partial charge in [0.05, 0.1) is 4.90 Å². The van der Waals surface area contributed by atoms with Crippen molar-refractivity contribution in [2.75, 3.05) is 25.9 Å². The summed E-state index contributed by atoms with van der Waals surface area (Å²) in [7, 11) is -3.15. The van der Waals surface area contributed by atoms with Gasteiger partial charge in [0, 0.05) is 31.3 Å². The Bertz CT molecular complexity index is 731. The maximum atomic E-state index is 12.0. The van der Waals surface area contributed by atoms with Crippen LogP contribution in [0.15, 0.2) is 29.2 Å². The Labute approximate surface area is 170 Å². The van der Waals surface area contributed by atoms with Gasteiger partial charge in [-0.3, -0.25) is 4.79 Å². The second-order valence-corrected chi connectivity index (χ2v) is 10.3. The molecule has 1 saturated heterocycles. The van der Waals surface area contributed by atoms with Crippen LogP contribution in [0.25, 0.3) is 0 Å². The number of rotatable bonds is 10. The lowest BCUT2D eigenvalue weighted by Gasteiger charge is -2.30. The molecular weight excluding hydrogens is 372 g/mol. The zero-order valence-corrected chi connectivity index (χ0v) is 18.5. The summed E-state index contributed by atoms with van der Waals surface area (Å²) in [6, 6.07) is 7.21. The summed E-state index contributed by atoms with van der Waals surface area (Å²) in [4.78, 5) is 14.4. The third-order valence-electron chi connectivity index (χ3n) is 5.80. The summed E-state index contributed by atoms with van der Waals surface area (Å²) in [6.45, 7) is 7.11. The quantitative estimate of drug-likeness (QED) is 0.601. The van der Waals surface area contributed by atoms with E-state index in [9.17, 15) is 13.2 Å². The Morgan fingerprint density at radius 1 is 1.11 bits per heavy atom. The molecule has 1 unspecified atom stereocenters. The lowest BCUT2D eigenvalue weighted by molar-refractivity contribution is -0.130. The van der Waals surface area contributed by atoms with Crippen molar-refractivity contribution in [1.29, 1.82) is 0 Å². The van der Waals surface area contributed by atoms with E-state index in [4.69, 9.17) is 0 Å². The number of likely N-dealkylation sites (tertiary alicyclic amines) is 1. The van der Waals surface area contributed by atoms with E-state index in [0.29, 0.717) is 17.2 Å².